The lowest BCUT2D eigenvalue weighted by atomic mass is 9.63. The van der Waals surface area contributed by atoms with Gasteiger partial charge in [-0.2, -0.15) is 9.97 Å². The van der Waals surface area contributed by atoms with E-state index in [1.807, 2.05) is 24.3 Å². The van der Waals surface area contributed by atoms with Gasteiger partial charge in [-0.05, 0) is 135 Å². The number of aromatic hydroxyl groups is 1. The average Bonchev–Trinajstić information content (AvgIpc) is 1.65. The monoisotopic (exact) mass is 1190 g/mol. The number of anilines is 3. The first kappa shape index (κ1) is 58.1. The van der Waals surface area contributed by atoms with E-state index < -0.39 is 29.0 Å². The fourth-order valence-corrected chi connectivity index (χ4v) is 14.4. The van der Waals surface area contributed by atoms with Crippen LogP contribution in [-0.4, -0.2) is 120 Å². The number of fused-ring (bicyclic) bond motifs is 6. The second-order valence-corrected chi connectivity index (χ2v) is 25.5. The van der Waals surface area contributed by atoms with Crippen molar-refractivity contribution in [1.29, 1.82) is 0 Å². The zero-order valence-electron chi connectivity index (χ0n) is 48.1. The van der Waals surface area contributed by atoms with Crippen LogP contribution >= 0.6 is 23.2 Å². The van der Waals surface area contributed by atoms with Crippen molar-refractivity contribution in [3.63, 3.8) is 0 Å². The zero-order chi connectivity index (χ0) is 59.3. The van der Waals surface area contributed by atoms with Crippen LogP contribution in [0.5, 0.6) is 17.5 Å². The van der Waals surface area contributed by atoms with Gasteiger partial charge in [0, 0.05) is 101 Å². The van der Waals surface area contributed by atoms with E-state index in [0.29, 0.717) is 112 Å². The Morgan fingerprint density at radius 3 is 2.54 bits per heavy atom. The summed E-state index contributed by atoms with van der Waals surface area (Å²) in [6, 6.07) is 23.7. The number of carbonyl (C=O) groups excluding carboxylic acids is 2. The molecule has 7 aromatic rings. The molecule has 7 heterocycles. The molecule has 0 unspecified atom stereocenters. The summed E-state index contributed by atoms with van der Waals surface area (Å²) >= 11 is 13.0. The highest BCUT2D eigenvalue weighted by Gasteiger charge is 2.61. The molecule has 7 atom stereocenters. The standard InChI is InChI=1S/C66H70Cl2F2N10O5/c1-6-37-13-10-14-38-27-44(81)30-46(54(37)38)58-57(70)59-47(32-72-58)61(80-33-41-20-21-42(34-80)74-41)78-64(77-59)85-35-43-15-12-26-79(43)25-9-7-8-24-71-62(82)39-18-23-50(52(28-39)84-5)75-63(83)60-55(45-16-11-17-49(68)56(45)69)66(53(76-60)31-65(2,3)4)36-73-51-29-40(67)19-22-48(51)66/h1,10-11,13-14,16-19,22-23,27-30,32,41-43,53,55,60,73-74,76,81H,7-9,12,15,20-21,24-26,31,33-36H2,2-5H3,(H,71,82)(H,75,83)/t41-,42+,43-,53-,55-,60+,66-/m0/s1. The number of halogens is 4. The van der Waals surface area contributed by atoms with Crippen molar-refractivity contribution in [2.45, 2.75) is 114 Å². The molecule has 2 aromatic heterocycles. The SMILES string of the molecule is C#Cc1cccc2cc(O)cc(-c3ncc4c(N5C[C@H]6CC[C@@H](C5)N6)nc(OC[C@@H]5CCCN5CCCCCNC(=O)c5ccc(NC(=O)[C@@H]6N[C@@H](CC(C)(C)C)[C@@]7(CNc8cc(Cl)ccc87)[C@H]6c6cccc(Cl)c6F)c(OC)c5)nc4c3F)c12. The first-order valence-corrected chi connectivity index (χ1v) is 30.2. The molecule has 12 rings (SSSR count). The summed E-state index contributed by atoms with van der Waals surface area (Å²) in [5.74, 6) is 0.976. The van der Waals surface area contributed by atoms with Crippen molar-refractivity contribution in [3.05, 3.63) is 135 Å². The third-order valence-electron chi connectivity index (χ3n) is 17.9. The van der Waals surface area contributed by atoms with Crippen LogP contribution in [0.4, 0.5) is 26.0 Å². The second kappa shape index (κ2) is 23.9. The van der Waals surface area contributed by atoms with Gasteiger partial charge in [-0.15, -0.1) is 6.42 Å². The second-order valence-electron chi connectivity index (χ2n) is 24.6. The van der Waals surface area contributed by atoms with Gasteiger partial charge < -0.3 is 46.1 Å². The number of hydrogen-bond acceptors (Lipinski definition) is 13. The molecule has 4 saturated heterocycles. The number of amides is 2. The van der Waals surface area contributed by atoms with Crippen LogP contribution in [0.1, 0.15) is 105 Å². The molecule has 5 aliphatic heterocycles. The number of likely N-dealkylation sites (tertiary alicyclic amines) is 1. The molecular formula is C66H70Cl2F2N10O5. The van der Waals surface area contributed by atoms with Crippen LogP contribution in [0.25, 0.3) is 32.9 Å². The molecule has 1 spiro atoms. The maximum Gasteiger partial charge on any atom is 0.319 e. The van der Waals surface area contributed by atoms with Gasteiger partial charge in [0.15, 0.2) is 5.82 Å². The molecule has 85 heavy (non-hydrogen) atoms. The molecule has 6 N–H and O–H groups in total. The van der Waals surface area contributed by atoms with Crippen molar-refractivity contribution in [2.75, 3.05) is 68.5 Å². The van der Waals surface area contributed by atoms with Gasteiger partial charge in [-0.1, -0.05) is 86.6 Å². The van der Waals surface area contributed by atoms with Crippen LogP contribution in [-0.2, 0) is 10.2 Å². The number of hydrogen-bond donors (Lipinski definition) is 6. The number of phenols is 1. The van der Waals surface area contributed by atoms with E-state index in [-0.39, 0.29) is 57.3 Å². The highest BCUT2D eigenvalue weighted by atomic mass is 35.5. The maximum atomic E-state index is 17.2. The van der Waals surface area contributed by atoms with E-state index in [1.54, 1.807) is 54.7 Å². The normalized spacial score (nSPS) is 22.6. The molecule has 2 bridgehead atoms. The minimum Gasteiger partial charge on any atom is -0.508 e. The van der Waals surface area contributed by atoms with E-state index in [2.05, 4.69) is 68.1 Å². The van der Waals surface area contributed by atoms with Crippen LogP contribution in [0.15, 0.2) is 91.1 Å². The third kappa shape index (κ3) is 11.4. The number of phenolic OH excluding ortho intramolecular Hbond substituents is 1. The summed E-state index contributed by atoms with van der Waals surface area (Å²) in [5.41, 5.74) is 2.97. The number of aromatic nitrogens is 3. The van der Waals surface area contributed by atoms with Gasteiger partial charge in [-0.25, -0.2) is 8.78 Å². The molecule has 0 radical (unpaired) electrons. The molecule has 2 amide bonds. The highest BCUT2D eigenvalue weighted by molar-refractivity contribution is 6.31. The Morgan fingerprint density at radius 1 is 0.941 bits per heavy atom. The van der Waals surface area contributed by atoms with Crippen molar-refractivity contribution < 1.29 is 33.0 Å². The summed E-state index contributed by atoms with van der Waals surface area (Å²) in [7, 11) is 1.49. The zero-order valence-corrected chi connectivity index (χ0v) is 49.6. The van der Waals surface area contributed by atoms with Crippen molar-refractivity contribution >= 4 is 73.9 Å². The molecular weight excluding hydrogens is 1120 g/mol. The Morgan fingerprint density at radius 2 is 1.75 bits per heavy atom. The molecule has 5 aromatic carbocycles. The van der Waals surface area contributed by atoms with Gasteiger partial charge in [0.1, 0.15) is 41.0 Å². The van der Waals surface area contributed by atoms with Crippen molar-refractivity contribution in [2.24, 2.45) is 5.41 Å². The predicted octanol–water partition coefficient (Wildman–Crippen LogP) is 11.4. The minimum absolute atomic E-state index is 0.0212. The summed E-state index contributed by atoms with van der Waals surface area (Å²) in [6.45, 7) is 10.8. The number of unbranched alkanes of at least 4 members (excludes halogenated alkanes) is 2. The number of methoxy groups -OCH3 is 1. The summed E-state index contributed by atoms with van der Waals surface area (Å²) < 4.78 is 45.8. The number of ether oxygens (including phenoxy) is 2. The van der Waals surface area contributed by atoms with Crippen molar-refractivity contribution in [1.82, 2.24) is 35.8 Å². The Bertz CT molecular complexity index is 3770. The Hall–Kier alpha value is -7.33. The van der Waals surface area contributed by atoms with Gasteiger partial charge in [0.25, 0.3) is 5.91 Å². The van der Waals surface area contributed by atoms with E-state index in [9.17, 15) is 14.7 Å². The van der Waals surface area contributed by atoms with Crippen LogP contribution in [0, 0.1) is 29.4 Å². The van der Waals surface area contributed by atoms with Crippen molar-refractivity contribution in [3.8, 4) is 41.1 Å². The topological polar surface area (TPSA) is 178 Å². The van der Waals surface area contributed by atoms with E-state index in [0.717, 1.165) is 69.3 Å². The molecule has 0 aliphatic carbocycles. The van der Waals surface area contributed by atoms with E-state index in [4.69, 9.17) is 49.1 Å². The minimum atomic E-state index is -0.900. The molecule has 19 heteroatoms. The quantitative estimate of drug-likeness (QED) is 0.0375. The summed E-state index contributed by atoms with van der Waals surface area (Å²) in [4.78, 5) is 47.4. The number of piperazine rings is 1. The van der Waals surface area contributed by atoms with Crippen LogP contribution < -0.4 is 41.0 Å². The maximum absolute atomic E-state index is 17.2. The number of carbonyl (C=O) groups is 2. The fraction of sp³-hybridized carbons (Fsp3) is 0.409. The molecule has 0 saturated carbocycles. The van der Waals surface area contributed by atoms with E-state index >= 15 is 8.78 Å². The lowest BCUT2D eigenvalue weighted by Crippen LogP contribution is -2.51. The Labute approximate surface area is 504 Å². The van der Waals surface area contributed by atoms with Crippen LogP contribution in [0.3, 0.4) is 0 Å². The smallest absolute Gasteiger partial charge is 0.319 e. The van der Waals surface area contributed by atoms with E-state index in [1.165, 1.54) is 19.2 Å². The fourth-order valence-electron chi connectivity index (χ4n) is 14.1. The van der Waals surface area contributed by atoms with Gasteiger partial charge in [-0.3, -0.25) is 19.5 Å². The van der Waals surface area contributed by atoms with Gasteiger partial charge in [0.2, 0.25) is 5.91 Å². The van der Waals surface area contributed by atoms with Gasteiger partial charge in [0.05, 0.1) is 29.2 Å². The summed E-state index contributed by atoms with van der Waals surface area (Å²) in [6.07, 6.45) is 14.8. The third-order valence-corrected chi connectivity index (χ3v) is 18.5. The number of nitrogens with zero attached hydrogens (tertiary/aromatic N) is 5. The number of terminal acetylenes is 1. The molecule has 442 valence electrons. The van der Waals surface area contributed by atoms with Gasteiger partial charge >= 0.3 is 6.01 Å². The molecule has 15 nitrogen and oxygen atoms in total. The first-order chi connectivity index (χ1) is 41.0. The number of nitrogens with one attached hydrogen (secondary N) is 5. The Balaban J connectivity index is 0.681. The average molecular weight is 1190 g/mol. The first-order valence-electron chi connectivity index (χ1n) is 29.5. The predicted molar refractivity (Wildman–Crippen MR) is 330 cm³/mol. The number of benzene rings is 5. The summed E-state index contributed by atoms with van der Waals surface area (Å²) in [5, 5.41) is 30.1. The number of pyridine rings is 1. The Kier molecular flexibility index (Phi) is 16.3. The molecule has 4 fully saturated rings. The number of rotatable bonds is 17. The van der Waals surface area contributed by atoms with Crippen LogP contribution in [0.2, 0.25) is 10.0 Å². The largest absolute Gasteiger partial charge is 0.508 e. The lowest BCUT2D eigenvalue weighted by Gasteiger charge is -2.39. The molecule has 5 aliphatic rings. The lowest BCUT2D eigenvalue weighted by molar-refractivity contribution is -0.118. The highest BCUT2D eigenvalue weighted by Crippen LogP contribution is 2.57.